The number of carbonyl (C=O) groups excluding carboxylic acids is 1. The van der Waals surface area contributed by atoms with Gasteiger partial charge in [-0.15, -0.1) is 11.3 Å². The Morgan fingerprint density at radius 1 is 1.39 bits per heavy atom. The van der Waals surface area contributed by atoms with Crippen molar-refractivity contribution < 1.29 is 14.3 Å². The minimum Gasteiger partial charge on any atom is -0.385 e. The Morgan fingerprint density at radius 2 is 2.27 bits per heavy atom. The van der Waals surface area contributed by atoms with E-state index in [9.17, 15) is 4.79 Å². The van der Waals surface area contributed by atoms with Gasteiger partial charge in [0.2, 0.25) is 0 Å². The van der Waals surface area contributed by atoms with Crippen LogP contribution in [0.3, 0.4) is 0 Å². The molecule has 8 heteroatoms. The Bertz CT molecular complexity index is 1090. The van der Waals surface area contributed by atoms with Crippen LogP contribution in [0.5, 0.6) is 0 Å². The number of rotatable bonds is 10. The SMILES string of the molecule is CCc1cc(-c2nc(-c3cc(C(=O)NCC4CCCO4)c(C)n3CCCOC)cs2)ccn1. The fourth-order valence-corrected chi connectivity index (χ4v) is 4.99. The van der Waals surface area contributed by atoms with Crippen molar-refractivity contribution in [3.63, 3.8) is 0 Å². The average Bonchev–Trinajstić information content (AvgIpc) is 3.59. The quantitative estimate of drug-likeness (QED) is 0.444. The van der Waals surface area contributed by atoms with E-state index in [0.717, 1.165) is 72.2 Å². The van der Waals surface area contributed by atoms with Gasteiger partial charge in [0.15, 0.2) is 0 Å². The van der Waals surface area contributed by atoms with Crippen LogP contribution in [0.4, 0.5) is 0 Å². The number of nitrogens with one attached hydrogen (secondary N) is 1. The first-order valence-electron chi connectivity index (χ1n) is 11.6. The van der Waals surface area contributed by atoms with Crippen molar-refractivity contribution in [1.29, 1.82) is 0 Å². The summed E-state index contributed by atoms with van der Waals surface area (Å²) < 4.78 is 13.1. The van der Waals surface area contributed by atoms with Gasteiger partial charge >= 0.3 is 0 Å². The maximum Gasteiger partial charge on any atom is 0.253 e. The molecule has 1 amide bonds. The van der Waals surface area contributed by atoms with E-state index >= 15 is 0 Å². The van der Waals surface area contributed by atoms with Gasteiger partial charge in [0.25, 0.3) is 5.91 Å². The van der Waals surface area contributed by atoms with Gasteiger partial charge in [-0.1, -0.05) is 6.92 Å². The number of hydrogen-bond donors (Lipinski definition) is 1. The van der Waals surface area contributed by atoms with Crippen LogP contribution < -0.4 is 5.32 Å². The topological polar surface area (TPSA) is 78.3 Å². The Hall–Kier alpha value is -2.55. The molecular weight excluding hydrogens is 436 g/mol. The lowest BCUT2D eigenvalue weighted by Gasteiger charge is -2.12. The predicted molar refractivity (Wildman–Crippen MR) is 131 cm³/mol. The molecule has 1 saturated heterocycles. The van der Waals surface area contributed by atoms with E-state index in [0.29, 0.717) is 18.7 Å². The van der Waals surface area contributed by atoms with E-state index in [2.05, 4.69) is 33.2 Å². The van der Waals surface area contributed by atoms with Crippen LogP contribution >= 0.6 is 11.3 Å². The van der Waals surface area contributed by atoms with Gasteiger partial charge in [-0.2, -0.15) is 0 Å². The van der Waals surface area contributed by atoms with Crippen LogP contribution in [0.25, 0.3) is 22.0 Å². The smallest absolute Gasteiger partial charge is 0.253 e. The van der Waals surface area contributed by atoms with E-state index in [-0.39, 0.29) is 12.0 Å². The fraction of sp³-hybridized carbons (Fsp3) is 0.480. The minimum absolute atomic E-state index is 0.0630. The van der Waals surface area contributed by atoms with Crippen molar-refractivity contribution in [2.24, 2.45) is 0 Å². The van der Waals surface area contributed by atoms with Gasteiger partial charge in [0.1, 0.15) is 5.01 Å². The maximum absolute atomic E-state index is 13.0. The fourth-order valence-electron chi connectivity index (χ4n) is 4.18. The van der Waals surface area contributed by atoms with E-state index in [1.54, 1.807) is 18.4 Å². The zero-order valence-electron chi connectivity index (χ0n) is 19.6. The zero-order chi connectivity index (χ0) is 23.2. The molecule has 3 aromatic rings. The van der Waals surface area contributed by atoms with Crippen molar-refractivity contribution in [2.45, 2.75) is 52.2 Å². The lowest BCUT2D eigenvalue weighted by molar-refractivity contribution is 0.0857. The van der Waals surface area contributed by atoms with Crippen LogP contribution in [-0.4, -0.2) is 53.4 Å². The van der Waals surface area contributed by atoms with Crippen molar-refractivity contribution in [2.75, 3.05) is 26.9 Å². The molecule has 1 aliphatic rings. The first kappa shape index (κ1) is 23.6. The standard InChI is InChI=1S/C25H32N4O3S/c1-4-19-13-18(8-9-26-19)25-28-22(16-33-25)23-14-21(17(2)29(23)10-6-11-31-3)24(30)27-15-20-7-5-12-32-20/h8-9,13-14,16,20H,4-7,10-12,15H2,1-3H3,(H,27,30). The Morgan fingerprint density at radius 3 is 3.03 bits per heavy atom. The van der Waals surface area contributed by atoms with E-state index in [1.165, 1.54) is 0 Å². The molecule has 1 atom stereocenters. The van der Waals surface area contributed by atoms with Gasteiger partial charge in [-0.3, -0.25) is 9.78 Å². The third-order valence-corrected chi connectivity index (χ3v) is 6.94. The third kappa shape index (κ3) is 5.51. The molecule has 0 spiro atoms. The average molecular weight is 469 g/mol. The summed E-state index contributed by atoms with van der Waals surface area (Å²) >= 11 is 1.61. The molecule has 1 aliphatic heterocycles. The number of thiazole rings is 1. The summed E-state index contributed by atoms with van der Waals surface area (Å²) in [7, 11) is 1.71. The van der Waals surface area contributed by atoms with E-state index < -0.39 is 0 Å². The first-order valence-corrected chi connectivity index (χ1v) is 12.5. The number of aryl methyl sites for hydroxylation is 1. The normalized spacial score (nSPS) is 15.8. The summed E-state index contributed by atoms with van der Waals surface area (Å²) in [5.74, 6) is -0.0630. The van der Waals surface area contributed by atoms with Crippen molar-refractivity contribution in [1.82, 2.24) is 19.9 Å². The second-order valence-corrected chi connectivity index (χ2v) is 9.16. The molecule has 1 N–H and O–H groups in total. The minimum atomic E-state index is -0.0630. The zero-order valence-corrected chi connectivity index (χ0v) is 20.4. The molecule has 0 radical (unpaired) electrons. The second kappa shape index (κ2) is 11.0. The number of aromatic nitrogens is 3. The van der Waals surface area contributed by atoms with Crippen LogP contribution in [0.15, 0.2) is 29.8 Å². The highest BCUT2D eigenvalue weighted by atomic mass is 32.1. The van der Waals surface area contributed by atoms with Gasteiger partial charge in [0, 0.05) is 61.9 Å². The predicted octanol–water partition coefficient (Wildman–Crippen LogP) is 4.49. The Balaban J connectivity index is 1.61. The number of amides is 1. The molecule has 0 bridgehead atoms. The van der Waals surface area contributed by atoms with Crippen molar-refractivity contribution >= 4 is 17.2 Å². The summed E-state index contributed by atoms with van der Waals surface area (Å²) in [6.07, 6.45) is 5.76. The molecule has 3 aromatic heterocycles. The number of hydrogen-bond acceptors (Lipinski definition) is 6. The summed E-state index contributed by atoms with van der Waals surface area (Å²) in [6, 6.07) is 6.06. The second-order valence-electron chi connectivity index (χ2n) is 8.30. The van der Waals surface area contributed by atoms with Gasteiger partial charge in [0.05, 0.1) is 23.1 Å². The van der Waals surface area contributed by atoms with Crippen molar-refractivity contribution in [3.05, 3.63) is 46.7 Å². The number of methoxy groups -OCH3 is 1. The number of pyridine rings is 1. The number of ether oxygens (including phenoxy) is 2. The Labute approximate surface area is 199 Å². The summed E-state index contributed by atoms with van der Waals surface area (Å²) in [4.78, 5) is 22.3. The molecule has 0 saturated carbocycles. The summed E-state index contributed by atoms with van der Waals surface area (Å²) in [5.41, 5.74) is 5.58. The summed E-state index contributed by atoms with van der Waals surface area (Å²) in [6.45, 7) is 6.85. The van der Waals surface area contributed by atoms with E-state index in [1.807, 2.05) is 25.3 Å². The van der Waals surface area contributed by atoms with Crippen LogP contribution in [-0.2, 0) is 22.4 Å². The number of nitrogens with zero attached hydrogens (tertiary/aromatic N) is 3. The van der Waals surface area contributed by atoms with Crippen molar-refractivity contribution in [3.8, 4) is 22.0 Å². The molecule has 4 rings (SSSR count). The molecule has 4 heterocycles. The largest absolute Gasteiger partial charge is 0.385 e. The third-order valence-electron chi connectivity index (χ3n) is 6.05. The molecule has 7 nitrogen and oxygen atoms in total. The molecule has 33 heavy (non-hydrogen) atoms. The van der Waals surface area contributed by atoms with E-state index in [4.69, 9.17) is 14.5 Å². The molecule has 0 aliphatic carbocycles. The molecule has 176 valence electrons. The van der Waals surface area contributed by atoms with Crippen LogP contribution in [0.2, 0.25) is 0 Å². The lowest BCUT2D eigenvalue weighted by atomic mass is 10.2. The molecular formula is C25H32N4O3S. The van der Waals surface area contributed by atoms with Crippen LogP contribution in [0, 0.1) is 6.92 Å². The Kier molecular flexibility index (Phi) is 7.90. The van der Waals surface area contributed by atoms with Gasteiger partial charge < -0.3 is 19.4 Å². The van der Waals surface area contributed by atoms with Crippen LogP contribution in [0.1, 0.15) is 47.9 Å². The summed E-state index contributed by atoms with van der Waals surface area (Å²) in [5, 5.41) is 6.08. The molecule has 1 fully saturated rings. The first-order chi connectivity index (χ1) is 16.1. The number of carbonyl (C=O) groups is 1. The highest BCUT2D eigenvalue weighted by molar-refractivity contribution is 7.13. The molecule has 1 unspecified atom stereocenters. The highest BCUT2D eigenvalue weighted by Gasteiger charge is 2.22. The lowest BCUT2D eigenvalue weighted by Crippen LogP contribution is -2.32. The highest BCUT2D eigenvalue weighted by Crippen LogP contribution is 2.32. The van der Waals surface area contributed by atoms with Gasteiger partial charge in [-0.25, -0.2) is 4.98 Å². The molecule has 0 aromatic carbocycles. The maximum atomic E-state index is 13.0. The van der Waals surface area contributed by atoms with Gasteiger partial charge in [-0.05, 0) is 50.8 Å². The monoisotopic (exact) mass is 468 g/mol.